The number of aryl methyl sites for hydroxylation is 1. The van der Waals surface area contributed by atoms with Gasteiger partial charge in [-0.25, -0.2) is 4.39 Å². The summed E-state index contributed by atoms with van der Waals surface area (Å²) in [6, 6.07) is 16.2. The number of carbonyl (C=O) groups is 1. The predicted octanol–water partition coefficient (Wildman–Crippen LogP) is 3.74. The van der Waals surface area contributed by atoms with Gasteiger partial charge in [0.1, 0.15) is 5.82 Å². The molecule has 2 aromatic carbocycles. The predicted molar refractivity (Wildman–Crippen MR) is 117 cm³/mol. The van der Waals surface area contributed by atoms with E-state index >= 15 is 0 Å². The Balaban J connectivity index is 1.95. The molecule has 0 saturated carbocycles. The zero-order valence-electron chi connectivity index (χ0n) is 16.7. The standard InChI is InChI=1S/C24H23FN2O2S/c1-2-17-5-9-20(10-6-17)23(29)22(27-13-3-4-19(15-27)16-28)24(30)26-14-18-7-11-21(25)12-8-18/h3-13,15,22,28H,2,14,16H2,1H3/t22-/m0/s1. The van der Waals surface area contributed by atoms with Crippen molar-refractivity contribution < 1.29 is 18.9 Å². The van der Waals surface area contributed by atoms with Crippen LogP contribution in [0.1, 0.15) is 40.0 Å². The van der Waals surface area contributed by atoms with E-state index in [1.165, 1.54) is 12.1 Å². The Morgan fingerprint density at radius 2 is 1.73 bits per heavy atom. The smallest absolute Gasteiger partial charge is 0.237 e. The Morgan fingerprint density at radius 3 is 2.37 bits per heavy atom. The molecule has 3 rings (SSSR count). The largest absolute Gasteiger partial charge is 0.758 e. The normalized spacial score (nSPS) is 12.6. The lowest BCUT2D eigenvalue weighted by molar-refractivity contribution is -0.692. The molecule has 1 N–H and O–H groups in total. The number of benzene rings is 2. The van der Waals surface area contributed by atoms with Crippen LogP contribution < -0.4 is 4.57 Å². The van der Waals surface area contributed by atoms with Crippen molar-refractivity contribution in [1.29, 1.82) is 0 Å². The van der Waals surface area contributed by atoms with E-state index in [1.54, 1.807) is 53.4 Å². The van der Waals surface area contributed by atoms with E-state index in [9.17, 15) is 14.3 Å². The molecule has 4 nitrogen and oxygen atoms in total. The van der Waals surface area contributed by atoms with E-state index in [-0.39, 0.29) is 29.8 Å². The molecule has 0 saturated heterocycles. The summed E-state index contributed by atoms with van der Waals surface area (Å²) in [5.41, 5.74) is 3.14. The first-order valence-corrected chi connectivity index (χ1v) is 10.1. The summed E-state index contributed by atoms with van der Waals surface area (Å²) in [5, 5.41) is 9.71. The summed E-state index contributed by atoms with van der Waals surface area (Å²) in [6.45, 7) is 2.16. The molecule has 6 heteroatoms. The third kappa shape index (κ3) is 5.34. The average molecular weight is 423 g/mol. The quantitative estimate of drug-likeness (QED) is 0.198. The minimum Gasteiger partial charge on any atom is -0.758 e. The van der Waals surface area contributed by atoms with Crippen LogP contribution in [-0.2, 0) is 32.2 Å². The van der Waals surface area contributed by atoms with Crippen LogP contribution in [0.25, 0.3) is 0 Å². The Kier molecular flexibility index (Phi) is 7.38. The Morgan fingerprint density at radius 1 is 1.07 bits per heavy atom. The monoisotopic (exact) mass is 422 g/mol. The van der Waals surface area contributed by atoms with Gasteiger partial charge < -0.3 is 22.7 Å². The lowest BCUT2D eigenvalue weighted by atomic mass is 10.0. The second-order valence-corrected chi connectivity index (χ2v) is 7.33. The van der Waals surface area contributed by atoms with Gasteiger partial charge in [-0.15, -0.1) is 0 Å². The molecule has 0 radical (unpaired) electrons. The van der Waals surface area contributed by atoms with Gasteiger partial charge in [0.05, 0.1) is 13.2 Å². The number of pyridine rings is 1. The minimum atomic E-state index is -0.820. The third-order valence-electron chi connectivity index (χ3n) is 4.82. The number of aromatic nitrogens is 1. The van der Waals surface area contributed by atoms with Crippen LogP contribution >= 0.6 is 0 Å². The first-order valence-electron chi connectivity index (χ1n) is 9.71. The van der Waals surface area contributed by atoms with E-state index in [1.807, 2.05) is 12.1 Å². The van der Waals surface area contributed by atoms with E-state index in [2.05, 4.69) is 11.9 Å². The molecule has 30 heavy (non-hydrogen) atoms. The van der Waals surface area contributed by atoms with Crippen LogP contribution in [0.2, 0.25) is 0 Å². The van der Waals surface area contributed by atoms with Gasteiger partial charge in [-0.3, -0.25) is 4.79 Å². The van der Waals surface area contributed by atoms with Crippen LogP contribution in [0.4, 0.5) is 4.39 Å². The topological polar surface area (TPSA) is 53.5 Å². The van der Waals surface area contributed by atoms with Crippen molar-refractivity contribution in [2.75, 3.05) is 0 Å². The fourth-order valence-electron chi connectivity index (χ4n) is 3.08. The zero-order chi connectivity index (χ0) is 21.5. The molecule has 3 aromatic rings. The van der Waals surface area contributed by atoms with E-state index < -0.39 is 6.04 Å². The van der Waals surface area contributed by atoms with E-state index in [4.69, 9.17) is 12.6 Å². The van der Waals surface area contributed by atoms with Crippen LogP contribution in [-0.4, -0.2) is 15.9 Å². The molecule has 0 bridgehead atoms. The highest BCUT2D eigenvalue weighted by Crippen LogP contribution is 2.15. The molecule has 0 fully saturated rings. The number of carbonyl (C=O) groups excluding carboxylic acids is 1. The molecule has 154 valence electrons. The Labute approximate surface area is 181 Å². The number of hydrogen-bond donors (Lipinski definition) is 1. The van der Waals surface area contributed by atoms with Crippen LogP contribution in [0.5, 0.6) is 0 Å². The molecule has 0 amide bonds. The first-order chi connectivity index (χ1) is 14.5. The highest BCUT2D eigenvalue weighted by molar-refractivity contribution is 7.77. The van der Waals surface area contributed by atoms with Gasteiger partial charge in [0.15, 0.2) is 12.4 Å². The summed E-state index contributed by atoms with van der Waals surface area (Å²) in [7, 11) is 0. The summed E-state index contributed by atoms with van der Waals surface area (Å²) in [6.07, 6.45) is 4.32. The molecule has 0 unspecified atom stereocenters. The summed E-state index contributed by atoms with van der Waals surface area (Å²) in [4.78, 5) is 17.8. The van der Waals surface area contributed by atoms with Gasteiger partial charge in [0.2, 0.25) is 11.8 Å². The molecule has 1 aromatic heterocycles. The lowest BCUT2D eigenvalue weighted by Gasteiger charge is -2.19. The maximum absolute atomic E-state index is 13.4. The fourth-order valence-corrected chi connectivity index (χ4v) is 3.37. The van der Waals surface area contributed by atoms with E-state index in [0.29, 0.717) is 11.1 Å². The number of aliphatic hydroxyl groups excluding tert-OH is 1. The second-order valence-electron chi connectivity index (χ2n) is 6.92. The molecule has 1 heterocycles. The molecular formula is C24H23FN2O2S. The zero-order valence-corrected chi connectivity index (χ0v) is 17.5. The molecule has 0 aliphatic rings. The van der Waals surface area contributed by atoms with Crippen molar-refractivity contribution >= 4 is 23.5 Å². The summed E-state index contributed by atoms with van der Waals surface area (Å²) < 4.78 is 14.8. The number of aliphatic hydroxyl groups is 1. The van der Waals surface area contributed by atoms with Crippen LogP contribution in [0, 0.1) is 5.82 Å². The van der Waals surface area contributed by atoms with Gasteiger partial charge in [-0.1, -0.05) is 43.3 Å². The van der Waals surface area contributed by atoms with Crippen LogP contribution in [0.15, 0.2) is 78.0 Å². The highest BCUT2D eigenvalue weighted by Gasteiger charge is 2.28. The number of halogens is 1. The summed E-state index contributed by atoms with van der Waals surface area (Å²) in [5.74, 6) is -0.494. The van der Waals surface area contributed by atoms with Gasteiger partial charge in [-0.2, -0.15) is 4.57 Å². The van der Waals surface area contributed by atoms with Crippen LogP contribution in [0.3, 0.4) is 0 Å². The van der Waals surface area contributed by atoms with Crippen molar-refractivity contribution in [2.45, 2.75) is 32.5 Å². The van der Waals surface area contributed by atoms with Gasteiger partial charge in [-0.05, 0) is 40.8 Å². The number of hydrogen-bond acceptors (Lipinski definition) is 4. The maximum Gasteiger partial charge on any atom is 0.237 e. The number of ketones is 1. The van der Waals surface area contributed by atoms with Crippen molar-refractivity contribution in [3.05, 3.63) is 101 Å². The van der Waals surface area contributed by atoms with Crippen molar-refractivity contribution in [3.8, 4) is 0 Å². The highest BCUT2D eigenvalue weighted by atomic mass is 32.1. The molecule has 0 aliphatic heterocycles. The van der Waals surface area contributed by atoms with Gasteiger partial charge in [0.25, 0.3) is 0 Å². The SMILES string of the molecule is CCc1ccc(C(=O)[C@@H](C([S-])=NCc2ccc(F)cc2)[n+]2cccc(CO)c2)cc1. The first kappa shape index (κ1) is 21.7. The Bertz CT molecular complexity index is 1030. The third-order valence-corrected chi connectivity index (χ3v) is 5.18. The fraction of sp³-hybridized carbons (Fsp3) is 0.208. The lowest BCUT2D eigenvalue weighted by Crippen LogP contribution is -2.48. The van der Waals surface area contributed by atoms with Gasteiger partial charge >= 0.3 is 0 Å². The molecule has 1 atom stereocenters. The van der Waals surface area contributed by atoms with Crippen molar-refractivity contribution in [3.63, 3.8) is 0 Å². The summed E-state index contributed by atoms with van der Waals surface area (Å²) >= 11 is 5.54. The number of Topliss-reactive ketones (excluding diaryl/α,β-unsaturated/α-hetero) is 1. The molecule has 0 spiro atoms. The number of rotatable bonds is 8. The van der Waals surface area contributed by atoms with Gasteiger partial charge in [0, 0.05) is 17.2 Å². The maximum atomic E-state index is 13.4. The number of nitrogens with zero attached hydrogens (tertiary/aromatic N) is 2. The van der Waals surface area contributed by atoms with E-state index in [0.717, 1.165) is 17.5 Å². The second kappa shape index (κ2) is 10.2. The minimum absolute atomic E-state index is 0.146. The van der Waals surface area contributed by atoms with Crippen molar-refractivity contribution in [2.24, 2.45) is 4.99 Å². The number of aliphatic imine (C=N–C) groups is 1. The average Bonchev–Trinajstić information content (AvgIpc) is 2.79. The van der Waals surface area contributed by atoms with Crippen molar-refractivity contribution in [1.82, 2.24) is 0 Å². The molecular weight excluding hydrogens is 399 g/mol. The Hall–Kier alpha value is -2.96. The molecule has 0 aliphatic carbocycles.